The number of hydrogen-bond acceptors (Lipinski definition) is 3. The van der Waals surface area contributed by atoms with Crippen LogP contribution in [0.4, 0.5) is 0 Å². The molecular formula is C13H21NOS. The number of aliphatic hydroxyl groups is 1. The number of rotatable bonds is 4. The van der Waals surface area contributed by atoms with Gasteiger partial charge in [-0.05, 0) is 24.3 Å². The van der Waals surface area contributed by atoms with Gasteiger partial charge in [0.25, 0.3) is 0 Å². The van der Waals surface area contributed by atoms with Gasteiger partial charge in [0.05, 0.1) is 5.60 Å². The lowest BCUT2D eigenvalue weighted by molar-refractivity contribution is 0.0251. The summed E-state index contributed by atoms with van der Waals surface area (Å²) in [6.45, 7) is 1.63. The molecule has 0 radical (unpaired) electrons. The summed E-state index contributed by atoms with van der Waals surface area (Å²) in [5.41, 5.74) is -0.451. The second-order valence-electron chi connectivity index (χ2n) is 4.82. The third-order valence-electron chi connectivity index (χ3n) is 3.37. The molecule has 1 aliphatic carbocycles. The van der Waals surface area contributed by atoms with E-state index in [1.807, 2.05) is 0 Å². The fourth-order valence-electron chi connectivity index (χ4n) is 2.39. The Morgan fingerprint density at radius 1 is 1.25 bits per heavy atom. The van der Waals surface area contributed by atoms with Crippen molar-refractivity contribution in [3.8, 4) is 0 Å². The molecule has 0 aromatic carbocycles. The molecule has 0 unspecified atom stereocenters. The molecule has 2 nitrogen and oxygen atoms in total. The molecule has 1 saturated carbocycles. The fourth-order valence-corrected chi connectivity index (χ4v) is 3.07. The molecule has 1 heterocycles. The Kier molecular flexibility index (Phi) is 4.38. The van der Waals surface area contributed by atoms with Gasteiger partial charge in [-0.25, -0.2) is 0 Å². The summed E-state index contributed by atoms with van der Waals surface area (Å²) in [5, 5.41) is 15.9. The summed E-state index contributed by atoms with van der Waals surface area (Å²) in [6.07, 6.45) is 6.85. The van der Waals surface area contributed by atoms with Crippen LogP contribution in [0.25, 0.3) is 0 Å². The van der Waals surface area contributed by atoms with Crippen molar-refractivity contribution in [3.05, 3.63) is 22.4 Å². The minimum atomic E-state index is -0.451. The molecule has 2 rings (SSSR count). The molecule has 90 valence electrons. The summed E-state index contributed by atoms with van der Waals surface area (Å²) in [6, 6.07) is 4.21. The second kappa shape index (κ2) is 5.80. The minimum absolute atomic E-state index is 0.451. The second-order valence-corrected chi connectivity index (χ2v) is 5.85. The van der Waals surface area contributed by atoms with Gasteiger partial charge in [0.1, 0.15) is 0 Å². The van der Waals surface area contributed by atoms with Gasteiger partial charge in [-0.2, -0.15) is 0 Å². The van der Waals surface area contributed by atoms with Crippen molar-refractivity contribution in [2.24, 2.45) is 0 Å². The first-order valence-corrected chi connectivity index (χ1v) is 7.12. The average molecular weight is 239 g/mol. The third-order valence-corrected chi connectivity index (χ3v) is 4.24. The van der Waals surface area contributed by atoms with E-state index >= 15 is 0 Å². The van der Waals surface area contributed by atoms with Crippen LogP contribution in [0, 0.1) is 0 Å². The molecule has 0 amide bonds. The number of hydrogen-bond donors (Lipinski definition) is 2. The Labute approximate surface area is 102 Å². The first-order valence-electron chi connectivity index (χ1n) is 6.24. The van der Waals surface area contributed by atoms with Crippen molar-refractivity contribution in [2.45, 2.75) is 50.7 Å². The van der Waals surface area contributed by atoms with Gasteiger partial charge in [0.15, 0.2) is 0 Å². The van der Waals surface area contributed by atoms with Gasteiger partial charge in [0, 0.05) is 18.0 Å². The van der Waals surface area contributed by atoms with E-state index in [1.54, 1.807) is 11.3 Å². The molecule has 16 heavy (non-hydrogen) atoms. The van der Waals surface area contributed by atoms with E-state index in [9.17, 15) is 5.11 Å². The van der Waals surface area contributed by atoms with Crippen LogP contribution < -0.4 is 5.32 Å². The first kappa shape index (κ1) is 12.1. The van der Waals surface area contributed by atoms with Gasteiger partial charge >= 0.3 is 0 Å². The summed E-state index contributed by atoms with van der Waals surface area (Å²) >= 11 is 1.77. The van der Waals surface area contributed by atoms with Gasteiger partial charge in [-0.3, -0.25) is 0 Å². The molecule has 0 atom stereocenters. The van der Waals surface area contributed by atoms with Crippen LogP contribution in [0.1, 0.15) is 43.4 Å². The van der Waals surface area contributed by atoms with Crippen LogP contribution in [0.5, 0.6) is 0 Å². The highest BCUT2D eigenvalue weighted by Crippen LogP contribution is 2.26. The van der Waals surface area contributed by atoms with Gasteiger partial charge in [-0.15, -0.1) is 11.3 Å². The van der Waals surface area contributed by atoms with Crippen LogP contribution in [0.15, 0.2) is 17.5 Å². The molecule has 2 N–H and O–H groups in total. The van der Waals surface area contributed by atoms with Gasteiger partial charge in [0.2, 0.25) is 0 Å². The quantitative estimate of drug-likeness (QED) is 0.792. The van der Waals surface area contributed by atoms with Crippen molar-refractivity contribution < 1.29 is 5.11 Å². The van der Waals surface area contributed by atoms with Crippen LogP contribution in [-0.4, -0.2) is 17.3 Å². The largest absolute Gasteiger partial charge is 0.389 e. The predicted molar refractivity (Wildman–Crippen MR) is 68.7 cm³/mol. The average Bonchev–Trinajstić information content (AvgIpc) is 2.68. The van der Waals surface area contributed by atoms with Crippen molar-refractivity contribution in [1.29, 1.82) is 0 Å². The highest BCUT2D eigenvalue weighted by Gasteiger charge is 2.27. The predicted octanol–water partition coefficient (Wildman–Crippen LogP) is 2.92. The molecule has 0 saturated heterocycles. The Morgan fingerprint density at radius 3 is 2.62 bits per heavy atom. The molecule has 0 spiro atoms. The molecule has 0 aliphatic heterocycles. The van der Waals surface area contributed by atoms with Crippen LogP contribution in [0.2, 0.25) is 0 Å². The Morgan fingerprint density at radius 2 is 2.00 bits per heavy atom. The number of nitrogens with one attached hydrogen (secondary N) is 1. The Balaban J connectivity index is 1.75. The lowest BCUT2D eigenvalue weighted by atomic mass is 9.94. The van der Waals surface area contributed by atoms with Crippen molar-refractivity contribution in [1.82, 2.24) is 5.32 Å². The highest BCUT2D eigenvalue weighted by atomic mass is 32.1. The number of thiophene rings is 1. The fraction of sp³-hybridized carbons (Fsp3) is 0.692. The zero-order chi connectivity index (χ0) is 11.3. The van der Waals surface area contributed by atoms with E-state index in [0.29, 0.717) is 0 Å². The first-order chi connectivity index (χ1) is 7.79. The van der Waals surface area contributed by atoms with Crippen LogP contribution in [-0.2, 0) is 6.54 Å². The summed E-state index contributed by atoms with van der Waals surface area (Å²) < 4.78 is 0. The summed E-state index contributed by atoms with van der Waals surface area (Å²) in [4.78, 5) is 1.34. The van der Waals surface area contributed by atoms with E-state index in [1.165, 1.54) is 30.6 Å². The standard InChI is InChI=1S/C13H21NOS/c15-13(7-3-1-2-4-8-13)11-14-10-12-6-5-9-16-12/h5-6,9,14-15H,1-4,7-8,10-11H2. The maximum atomic E-state index is 10.4. The van der Waals surface area contributed by atoms with E-state index < -0.39 is 5.60 Å². The smallest absolute Gasteiger partial charge is 0.0771 e. The van der Waals surface area contributed by atoms with E-state index in [2.05, 4.69) is 22.8 Å². The zero-order valence-corrected chi connectivity index (χ0v) is 10.6. The van der Waals surface area contributed by atoms with Gasteiger partial charge in [-0.1, -0.05) is 31.7 Å². The monoisotopic (exact) mass is 239 g/mol. The molecule has 0 bridgehead atoms. The lowest BCUT2D eigenvalue weighted by Crippen LogP contribution is -2.39. The lowest BCUT2D eigenvalue weighted by Gasteiger charge is -2.26. The van der Waals surface area contributed by atoms with Crippen molar-refractivity contribution in [3.63, 3.8) is 0 Å². The Hall–Kier alpha value is -0.380. The van der Waals surface area contributed by atoms with E-state index in [0.717, 1.165) is 25.9 Å². The van der Waals surface area contributed by atoms with E-state index in [-0.39, 0.29) is 0 Å². The molecule has 1 aromatic rings. The summed E-state index contributed by atoms with van der Waals surface area (Å²) in [7, 11) is 0. The maximum absolute atomic E-state index is 10.4. The minimum Gasteiger partial charge on any atom is -0.389 e. The van der Waals surface area contributed by atoms with E-state index in [4.69, 9.17) is 0 Å². The van der Waals surface area contributed by atoms with Crippen LogP contribution in [0.3, 0.4) is 0 Å². The Bertz CT molecular complexity index is 289. The molecule has 1 fully saturated rings. The third kappa shape index (κ3) is 3.58. The molecule has 1 aliphatic rings. The van der Waals surface area contributed by atoms with Crippen molar-refractivity contribution in [2.75, 3.05) is 6.54 Å². The van der Waals surface area contributed by atoms with Gasteiger partial charge < -0.3 is 10.4 Å². The van der Waals surface area contributed by atoms with Crippen LogP contribution >= 0.6 is 11.3 Å². The normalized spacial score (nSPS) is 20.6. The molecule has 3 heteroatoms. The topological polar surface area (TPSA) is 32.3 Å². The van der Waals surface area contributed by atoms with Crippen molar-refractivity contribution >= 4 is 11.3 Å². The molecular weight excluding hydrogens is 218 g/mol. The maximum Gasteiger partial charge on any atom is 0.0771 e. The SMILES string of the molecule is OC1(CNCc2cccs2)CCCCCC1. The molecule has 1 aromatic heterocycles. The highest BCUT2D eigenvalue weighted by molar-refractivity contribution is 7.09. The summed E-state index contributed by atoms with van der Waals surface area (Å²) in [5.74, 6) is 0. The zero-order valence-electron chi connectivity index (χ0n) is 9.74.